The van der Waals surface area contributed by atoms with Crippen molar-refractivity contribution in [1.29, 1.82) is 0 Å². The Labute approximate surface area is 88.8 Å². The molecule has 0 unspecified atom stereocenters. The minimum atomic E-state index is 0.846. The second kappa shape index (κ2) is 4.09. The molecule has 76 valence electrons. The number of ether oxygens (including phenoxy) is 1. The predicted molar refractivity (Wildman–Crippen MR) is 58.8 cm³/mol. The van der Waals surface area contributed by atoms with Gasteiger partial charge in [0.1, 0.15) is 5.75 Å². The van der Waals surface area contributed by atoms with E-state index in [2.05, 4.69) is 9.97 Å². The van der Waals surface area contributed by atoms with E-state index < -0.39 is 0 Å². The lowest BCUT2D eigenvalue weighted by Gasteiger charge is -2.02. The van der Waals surface area contributed by atoms with E-state index in [0.717, 1.165) is 22.7 Å². The Morgan fingerprint density at radius 1 is 1.00 bits per heavy atom. The molecule has 0 aliphatic carbocycles. The normalized spacial score (nSPS) is 10.0. The molecular formula is C12H12N2O. The summed E-state index contributed by atoms with van der Waals surface area (Å²) < 4.78 is 5.09. The van der Waals surface area contributed by atoms with Crippen LogP contribution in [0.2, 0.25) is 0 Å². The van der Waals surface area contributed by atoms with E-state index in [1.54, 1.807) is 19.5 Å². The van der Waals surface area contributed by atoms with E-state index in [0.29, 0.717) is 0 Å². The van der Waals surface area contributed by atoms with Crippen molar-refractivity contribution >= 4 is 0 Å². The van der Waals surface area contributed by atoms with Crippen LogP contribution in [0, 0.1) is 6.92 Å². The number of methoxy groups -OCH3 is 1. The Kier molecular flexibility index (Phi) is 2.63. The van der Waals surface area contributed by atoms with Crippen molar-refractivity contribution < 1.29 is 4.74 Å². The summed E-state index contributed by atoms with van der Waals surface area (Å²) in [6.45, 7) is 1.92. The molecule has 0 amide bonds. The molecule has 0 radical (unpaired) electrons. The average Bonchev–Trinajstić information content (AvgIpc) is 2.30. The molecule has 2 rings (SSSR count). The SMILES string of the molecule is COc1ccc(-c2cnc(C)cn2)cc1. The number of nitrogens with zero attached hydrogens (tertiary/aromatic N) is 2. The summed E-state index contributed by atoms with van der Waals surface area (Å²) in [4.78, 5) is 8.51. The second-order valence-electron chi connectivity index (χ2n) is 3.27. The van der Waals surface area contributed by atoms with Crippen LogP contribution in [-0.2, 0) is 0 Å². The van der Waals surface area contributed by atoms with Crippen molar-refractivity contribution in [2.24, 2.45) is 0 Å². The van der Waals surface area contributed by atoms with Gasteiger partial charge in [-0.15, -0.1) is 0 Å². The average molecular weight is 200 g/mol. The van der Waals surface area contributed by atoms with Gasteiger partial charge in [0.2, 0.25) is 0 Å². The van der Waals surface area contributed by atoms with Crippen molar-refractivity contribution in [3.8, 4) is 17.0 Å². The highest BCUT2D eigenvalue weighted by atomic mass is 16.5. The van der Waals surface area contributed by atoms with Gasteiger partial charge in [-0.1, -0.05) is 0 Å². The molecule has 3 nitrogen and oxygen atoms in total. The maximum absolute atomic E-state index is 5.09. The molecule has 0 saturated carbocycles. The molecule has 1 aromatic heterocycles. The molecule has 0 aliphatic rings. The van der Waals surface area contributed by atoms with Gasteiger partial charge in [-0.3, -0.25) is 9.97 Å². The Balaban J connectivity index is 2.33. The molecular weight excluding hydrogens is 188 g/mol. The summed E-state index contributed by atoms with van der Waals surface area (Å²) in [7, 11) is 1.65. The van der Waals surface area contributed by atoms with E-state index >= 15 is 0 Å². The Bertz CT molecular complexity index is 434. The monoisotopic (exact) mass is 200 g/mol. The number of aryl methyl sites for hydroxylation is 1. The third-order valence-electron chi connectivity index (χ3n) is 2.17. The molecule has 0 saturated heterocycles. The molecule has 0 N–H and O–H groups in total. The summed E-state index contributed by atoms with van der Waals surface area (Å²) in [5, 5.41) is 0. The van der Waals surface area contributed by atoms with E-state index in [1.165, 1.54) is 0 Å². The highest BCUT2D eigenvalue weighted by Gasteiger charge is 1.99. The van der Waals surface area contributed by atoms with E-state index in [9.17, 15) is 0 Å². The molecule has 3 heteroatoms. The Morgan fingerprint density at radius 3 is 2.27 bits per heavy atom. The third-order valence-corrected chi connectivity index (χ3v) is 2.17. The summed E-state index contributed by atoms with van der Waals surface area (Å²) in [6, 6.07) is 7.77. The summed E-state index contributed by atoms with van der Waals surface area (Å²) in [5.74, 6) is 0.846. The van der Waals surface area contributed by atoms with E-state index in [-0.39, 0.29) is 0 Å². The van der Waals surface area contributed by atoms with Crippen LogP contribution in [0.3, 0.4) is 0 Å². The molecule has 0 atom stereocenters. The highest BCUT2D eigenvalue weighted by Crippen LogP contribution is 2.19. The zero-order valence-corrected chi connectivity index (χ0v) is 8.77. The first-order chi connectivity index (χ1) is 7.29. The van der Waals surface area contributed by atoms with Gasteiger partial charge in [0.25, 0.3) is 0 Å². The minimum Gasteiger partial charge on any atom is -0.497 e. The summed E-state index contributed by atoms with van der Waals surface area (Å²) >= 11 is 0. The fourth-order valence-corrected chi connectivity index (χ4v) is 1.30. The molecule has 15 heavy (non-hydrogen) atoms. The zero-order valence-electron chi connectivity index (χ0n) is 8.77. The lowest BCUT2D eigenvalue weighted by molar-refractivity contribution is 0.415. The number of hydrogen-bond donors (Lipinski definition) is 0. The summed E-state index contributed by atoms with van der Waals surface area (Å²) in [5.41, 5.74) is 2.85. The highest BCUT2D eigenvalue weighted by molar-refractivity contribution is 5.58. The van der Waals surface area contributed by atoms with Crippen LogP contribution in [0.25, 0.3) is 11.3 Å². The van der Waals surface area contributed by atoms with Crippen LogP contribution in [-0.4, -0.2) is 17.1 Å². The van der Waals surface area contributed by atoms with Crippen molar-refractivity contribution in [2.75, 3.05) is 7.11 Å². The van der Waals surface area contributed by atoms with Crippen molar-refractivity contribution in [2.45, 2.75) is 6.92 Å². The van der Waals surface area contributed by atoms with E-state index in [1.807, 2.05) is 31.2 Å². The second-order valence-corrected chi connectivity index (χ2v) is 3.27. The zero-order chi connectivity index (χ0) is 10.7. The molecule has 1 aromatic carbocycles. The Morgan fingerprint density at radius 2 is 1.73 bits per heavy atom. The lowest BCUT2D eigenvalue weighted by Crippen LogP contribution is -1.88. The molecule has 2 aromatic rings. The van der Waals surface area contributed by atoms with Gasteiger partial charge in [-0.2, -0.15) is 0 Å². The van der Waals surface area contributed by atoms with Gasteiger partial charge in [0.15, 0.2) is 0 Å². The fourth-order valence-electron chi connectivity index (χ4n) is 1.30. The van der Waals surface area contributed by atoms with Gasteiger partial charge in [0.05, 0.1) is 24.7 Å². The fraction of sp³-hybridized carbons (Fsp3) is 0.167. The van der Waals surface area contributed by atoms with Gasteiger partial charge in [0, 0.05) is 11.8 Å². The topological polar surface area (TPSA) is 35.0 Å². The van der Waals surface area contributed by atoms with Crippen LogP contribution >= 0.6 is 0 Å². The van der Waals surface area contributed by atoms with E-state index in [4.69, 9.17) is 4.74 Å². The molecule has 0 fully saturated rings. The first-order valence-corrected chi connectivity index (χ1v) is 4.72. The lowest BCUT2D eigenvalue weighted by atomic mass is 10.1. The molecule has 0 spiro atoms. The Hall–Kier alpha value is -1.90. The van der Waals surface area contributed by atoms with Gasteiger partial charge < -0.3 is 4.74 Å². The first-order valence-electron chi connectivity index (χ1n) is 4.72. The number of rotatable bonds is 2. The smallest absolute Gasteiger partial charge is 0.118 e. The van der Waals surface area contributed by atoms with Crippen LogP contribution in [0.15, 0.2) is 36.7 Å². The van der Waals surface area contributed by atoms with Crippen LogP contribution in [0.1, 0.15) is 5.69 Å². The third kappa shape index (κ3) is 2.13. The quantitative estimate of drug-likeness (QED) is 0.747. The summed E-state index contributed by atoms with van der Waals surface area (Å²) in [6.07, 6.45) is 3.54. The number of hydrogen-bond acceptors (Lipinski definition) is 3. The first kappa shape index (κ1) is 9.65. The predicted octanol–water partition coefficient (Wildman–Crippen LogP) is 2.46. The largest absolute Gasteiger partial charge is 0.497 e. The van der Waals surface area contributed by atoms with Crippen molar-refractivity contribution in [1.82, 2.24) is 9.97 Å². The number of aromatic nitrogens is 2. The molecule has 0 bridgehead atoms. The maximum Gasteiger partial charge on any atom is 0.118 e. The van der Waals surface area contributed by atoms with Gasteiger partial charge in [-0.05, 0) is 31.2 Å². The van der Waals surface area contributed by atoms with Gasteiger partial charge >= 0.3 is 0 Å². The molecule has 0 aliphatic heterocycles. The van der Waals surface area contributed by atoms with Crippen LogP contribution in [0.4, 0.5) is 0 Å². The minimum absolute atomic E-state index is 0.846. The van der Waals surface area contributed by atoms with Crippen molar-refractivity contribution in [3.05, 3.63) is 42.4 Å². The number of benzene rings is 1. The van der Waals surface area contributed by atoms with Crippen LogP contribution in [0.5, 0.6) is 5.75 Å². The standard InChI is InChI=1S/C12H12N2O/c1-9-7-14-12(8-13-9)10-3-5-11(15-2)6-4-10/h3-8H,1-2H3. The maximum atomic E-state index is 5.09. The molecule has 1 heterocycles. The van der Waals surface area contributed by atoms with Crippen molar-refractivity contribution in [3.63, 3.8) is 0 Å². The van der Waals surface area contributed by atoms with Crippen LogP contribution < -0.4 is 4.74 Å². The van der Waals surface area contributed by atoms with Gasteiger partial charge in [-0.25, -0.2) is 0 Å².